The molecule has 0 saturated heterocycles. The summed E-state index contributed by atoms with van der Waals surface area (Å²) in [5.41, 5.74) is 0. The second-order valence-corrected chi connectivity index (χ2v) is 1.98. The Bertz CT molecular complexity index is 61.5. The molecule has 48 valence electrons. The van der Waals surface area contributed by atoms with Crippen molar-refractivity contribution in [3.8, 4) is 0 Å². The van der Waals surface area contributed by atoms with Crippen LogP contribution in [0.1, 0.15) is 19.8 Å². The van der Waals surface area contributed by atoms with E-state index >= 15 is 0 Å². The average Bonchev–Trinajstić information content (AvgIpc) is 1.83. The monoisotopic (exact) mass is 116 g/mol. The maximum atomic E-state index is 9.93. The summed E-state index contributed by atoms with van der Waals surface area (Å²) in [5, 5.41) is 8.29. The van der Waals surface area contributed by atoms with Crippen LogP contribution in [0, 0.1) is 5.92 Å². The highest BCUT2D eigenvalue weighted by molar-refractivity contribution is 5.52. The number of aliphatic hydroxyl groups excluding tert-OH is 1. The first-order valence-corrected chi connectivity index (χ1v) is 2.87. The summed E-state index contributed by atoms with van der Waals surface area (Å²) in [6.45, 7) is 2.04. The van der Waals surface area contributed by atoms with Gasteiger partial charge in [-0.3, -0.25) is 0 Å². The van der Waals surface area contributed by atoms with Crippen LogP contribution in [-0.4, -0.2) is 18.0 Å². The highest BCUT2D eigenvalue weighted by Crippen LogP contribution is 1.99. The fraction of sp³-hybridized carbons (Fsp3) is 0.833. The van der Waals surface area contributed by atoms with Gasteiger partial charge in [0.15, 0.2) is 0 Å². The molecular formula is C6H12O2. The molecule has 0 aliphatic carbocycles. The van der Waals surface area contributed by atoms with E-state index in [2.05, 4.69) is 0 Å². The molecule has 0 rings (SSSR count). The quantitative estimate of drug-likeness (QED) is 0.546. The number of aliphatic hydroxyl groups is 1. The summed E-state index contributed by atoms with van der Waals surface area (Å²) in [5.74, 6) is 0.113. The van der Waals surface area contributed by atoms with Crippen LogP contribution in [0.25, 0.3) is 0 Å². The SMILES string of the molecule is C[C@H](C=O)CCCO. The lowest BCUT2D eigenvalue weighted by Crippen LogP contribution is -1.96. The normalized spacial score (nSPS) is 13.2. The van der Waals surface area contributed by atoms with Gasteiger partial charge in [0.2, 0.25) is 0 Å². The number of carbonyl (C=O) groups is 1. The fourth-order valence-electron chi connectivity index (χ4n) is 0.481. The standard InChI is InChI=1S/C6H12O2/c1-6(5-8)3-2-4-7/h5-7H,2-4H2,1H3/t6-/m0/s1. The smallest absolute Gasteiger partial charge is 0.122 e. The summed E-state index contributed by atoms with van der Waals surface area (Å²) in [4.78, 5) is 9.93. The molecule has 0 spiro atoms. The van der Waals surface area contributed by atoms with Gasteiger partial charge in [0, 0.05) is 12.5 Å². The Hall–Kier alpha value is -0.370. The first-order chi connectivity index (χ1) is 3.81. The van der Waals surface area contributed by atoms with Gasteiger partial charge in [0.1, 0.15) is 6.29 Å². The van der Waals surface area contributed by atoms with Crippen molar-refractivity contribution in [1.82, 2.24) is 0 Å². The molecule has 0 aromatic carbocycles. The molecule has 0 unspecified atom stereocenters. The second-order valence-electron chi connectivity index (χ2n) is 1.98. The Kier molecular flexibility index (Phi) is 4.56. The summed E-state index contributed by atoms with van der Waals surface area (Å²) in [7, 11) is 0. The van der Waals surface area contributed by atoms with Crippen LogP contribution >= 0.6 is 0 Å². The third-order valence-corrected chi connectivity index (χ3v) is 1.05. The van der Waals surface area contributed by atoms with E-state index < -0.39 is 0 Å². The van der Waals surface area contributed by atoms with Crippen LogP contribution in [0.15, 0.2) is 0 Å². The second kappa shape index (κ2) is 4.78. The highest BCUT2D eigenvalue weighted by Gasteiger charge is 1.95. The molecule has 0 bridgehead atoms. The lowest BCUT2D eigenvalue weighted by Gasteiger charge is -1.97. The third-order valence-electron chi connectivity index (χ3n) is 1.05. The van der Waals surface area contributed by atoms with Crippen LogP contribution in [0.5, 0.6) is 0 Å². The van der Waals surface area contributed by atoms with Gasteiger partial charge in [-0.15, -0.1) is 0 Å². The predicted molar refractivity (Wildman–Crippen MR) is 31.5 cm³/mol. The number of hydrogen-bond donors (Lipinski definition) is 1. The van der Waals surface area contributed by atoms with E-state index in [1.807, 2.05) is 6.92 Å². The molecule has 1 N–H and O–H groups in total. The van der Waals surface area contributed by atoms with Crippen molar-refractivity contribution < 1.29 is 9.90 Å². The topological polar surface area (TPSA) is 37.3 Å². The van der Waals surface area contributed by atoms with Gasteiger partial charge in [-0.25, -0.2) is 0 Å². The van der Waals surface area contributed by atoms with Gasteiger partial charge in [0.25, 0.3) is 0 Å². The first kappa shape index (κ1) is 7.63. The molecule has 0 heterocycles. The molecule has 1 atom stereocenters. The van der Waals surface area contributed by atoms with Crippen LogP contribution in [-0.2, 0) is 4.79 Å². The van der Waals surface area contributed by atoms with E-state index in [1.165, 1.54) is 0 Å². The number of aldehydes is 1. The van der Waals surface area contributed by atoms with Crippen LogP contribution in [0.2, 0.25) is 0 Å². The van der Waals surface area contributed by atoms with Crippen molar-refractivity contribution in [3.63, 3.8) is 0 Å². The van der Waals surface area contributed by atoms with Crippen molar-refractivity contribution >= 4 is 6.29 Å². The Balaban J connectivity index is 2.98. The lowest BCUT2D eigenvalue weighted by atomic mass is 10.1. The molecule has 8 heavy (non-hydrogen) atoms. The lowest BCUT2D eigenvalue weighted by molar-refractivity contribution is -0.110. The molecule has 0 radical (unpaired) electrons. The molecule has 2 heteroatoms. The molecule has 0 fully saturated rings. The molecule has 0 aliphatic heterocycles. The van der Waals surface area contributed by atoms with E-state index in [0.717, 1.165) is 19.1 Å². The van der Waals surface area contributed by atoms with Gasteiger partial charge < -0.3 is 9.90 Å². The highest BCUT2D eigenvalue weighted by atomic mass is 16.2. The predicted octanol–water partition coefficient (Wildman–Crippen LogP) is 0.594. The molecule has 0 aromatic heterocycles. The van der Waals surface area contributed by atoms with Gasteiger partial charge >= 0.3 is 0 Å². The Labute approximate surface area is 49.5 Å². The van der Waals surface area contributed by atoms with E-state index in [9.17, 15) is 4.79 Å². The van der Waals surface area contributed by atoms with Crippen molar-refractivity contribution in [3.05, 3.63) is 0 Å². The number of carbonyl (C=O) groups excluding carboxylic acids is 1. The van der Waals surface area contributed by atoms with Crippen LogP contribution in [0.3, 0.4) is 0 Å². The zero-order valence-electron chi connectivity index (χ0n) is 5.13. The minimum atomic E-state index is 0.113. The van der Waals surface area contributed by atoms with Crippen LogP contribution in [0.4, 0.5) is 0 Å². The minimum absolute atomic E-state index is 0.113. The molecular weight excluding hydrogens is 104 g/mol. The molecule has 0 aliphatic rings. The fourth-order valence-corrected chi connectivity index (χ4v) is 0.481. The summed E-state index contributed by atoms with van der Waals surface area (Å²) >= 11 is 0. The maximum absolute atomic E-state index is 9.93. The molecule has 0 saturated carbocycles. The van der Waals surface area contributed by atoms with Gasteiger partial charge in [-0.1, -0.05) is 6.92 Å². The van der Waals surface area contributed by atoms with E-state index in [4.69, 9.17) is 5.11 Å². The number of hydrogen-bond acceptors (Lipinski definition) is 2. The Morgan fingerprint density at radius 1 is 1.75 bits per heavy atom. The zero-order valence-corrected chi connectivity index (χ0v) is 5.13. The Morgan fingerprint density at radius 2 is 2.38 bits per heavy atom. The first-order valence-electron chi connectivity index (χ1n) is 2.87. The van der Waals surface area contributed by atoms with E-state index in [0.29, 0.717) is 0 Å². The molecule has 0 amide bonds. The van der Waals surface area contributed by atoms with Crippen molar-refractivity contribution in [1.29, 1.82) is 0 Å². The average molecular weight is 116 g/mol. The minimum Gasteiger partial charge on any atom is -0.396 e. The third kappa shape index (κ3) is 3.81. The van der Waals surface area contributed by atoms with Gasteiger partial charge in [0.05, 0.1) is 0 Å². The van der Waals surface area contributed by atoms with Crippen molar-refractivity contribution in [2.24, 2.45) is 5.92 Å². The molecule has 0 aromatic rings. The number of rotatable bonds is 4. The summed E-state index contributed by atoms with van der Waals surface area (Å²) in [6, 6.07) is 0. The largest absolute Gasteiger partial charge is 0.396 e. The zero-order chi connectivity index (χ0) is 6.41. The van der Waals surface area contributed by atoms with Crippen molar-refractivity contribution in [2.45, 2.75) is 19.8 Å². The van der Waals surface area contributed by atoms with E-state index in [-0.39, 0.29) is 12.5 Å². The molecule has 2 nitrogen and oxygen atoms in total. The van der Waals surface area contributed by atoms with Crippen LogP contribution < -0.4 is 0 Å². The van der Waals surface area contributed by atoms with Gasteiger partial charge in [-0.2, -0.15) is 0 Å². The van der Waals surface area contributed by atoms with Crippen molar-refractivity contribution in [2.75, 3.05) is 6.61 Å². The maximum Gasteiger partial charge on any atom is 0.122 e. The van der Waals surface area contributed by atoms with Gasteiger partial charge in [-0.05, 0) is 12.8 Å². The Morgan fingerprint density at radius 3 is 2.75 bits per heavy atom. The summed E-state index contributed by atoms with van der Waals surface area (Å²) < 4.78 is 0. The van der Waals surface area contributed by atoms with E-state index in [1.54, 1.807) is 0 Å². The summed E-state index contributed by atoms with van der Waals surface area (Å²) in [6.07, 6.45) is 2.45.